The summed E-state index contributed by atoms with van der Waals surface area (Å²) < 4.78 is 0. The molecule has 0 radical (unpaired) electrons. The first-order valence-corrected chi connectivity index (χ1v) is 7.82. The van der Waals surface area contributed by atoms with Gasteiger partial charge in [0.25, 0.3) is 0 Å². The van der Waals surface area contributed by atoms with Gasteiger partial charge in [0.1, 0.15) is 5.00 Å². The van der Waals surface area contributed by atoms with Gasteiger partial charge in [-0.3, -0.25) is 4.98 Å². The standard InChI is InChI=1S/C15H16N6S/c1-10(2)17-14-19-13(11-6-4-3-5-7-11)20-15(21-14)18-12-8-16-9-22-12/h3-10H,1-2H3,(H2,17,18,19,20,21). The third-order valence-corrected chi connectivity index (χ3v) is 3.44. The highest BCUT2D eigenvalue weighted by Gasteiger charge is 2.10. The van der Waals surface area contributed by atoms with Crippen LogP contribution in [-0.2, 0) is 0 Å². The molecule has 2 heterocycles. The fraction of sp³-hybridized carbons (Fsp3) is 0.200. The molecule has 7 heteroatoms. The van der Waals surface area contributed by atoms with Crippen LogP contribution in [0.1, 0.15) is 13.8 Å². The van der Waals surface area contributed by atoms with Crippen LogP contribution in [0.2, 0.25) is 0 Å². The molecule has 6 nitrogen and oxygen atoms in total. The van der Waals surface area contributed by atoms with E-state index in [1.54, 1.807) is 11.7 Å². The summed E-state index contributed by atoms with van der Waals surface area (Å²) in [6.07, 6.45) is 1.74. The molecule has 0 aliphatic carbocycles. The number of nitrogens with one attached hydrogen (secondary N) is 2. The van der Waals surface area contributed by atoms with Gasteiger partial charge in [0.05, 0.1) is 11.7 Å². The first-order valence-electron chi connectivity index (χ1n) is 6.94. The van der Waals surface area contributed by atoms with Crippen molar-refractivity contribution < 1.29 is 0 Å². The van der Waals surface area contributed by atoms with Crippen LogP contribution in [0, 0.1) is 0 Å². The second-order valence-corrected chi connectivity index (χ2v) is 5.85. The maximum Gasteiger partial charge on any atom is 0.233 e. The van der Waals surface area contributed by atoms with Crippen molar-refractivity contribution >= 4 is 28.2 Å². The van der Waals surface area contributed by atoms with Crippen molar-refractivity contribution in [3.8, 4) is 11.4 Å². The number of hydrogen-bond donors (Lipinski definition) is 2. The van der Waals surface area contributed by atoms with E-state index in [-0.39, 0.29) is 6.04 Å². The molecule has 0 spiro atoms. The minimum atomic E-state index is 0.238. The van der Waals surface area contributed by atoms with Gasteiger partial charge in [-0.25, -0.2) is 0 Å². The summed E-state index contributed by atoms with van der Waals surface area (Å²) in [5.74, 6) is 1.68. The van der Waals surface area contributed by atoms with Crippen molar-refractivity contribution in [3.63, 3.8) is 0 Å². The Morgan fingerprint density at radius 2 is 1.77 bits per heavy atom. The molecule has 0 fully saturated rings. The van der Waals surface area contributed by atoms with Gasteiger partial charge in [-0.15, -0.1) is 11.3 Å². The molecule has 2 N–H and O–H groups in total. The first kappa shape index (κ1) is 14.4. The lowest BCUT2D eigenvalue weighted by Crippen LogP contribution is -2.14. The molecule has 3 aromatic rings. The number of thiazole rings is 1. The normalized spacial score (nSPS) is 10.7. The zero-order chi connectivity index (χ0) is 15.4. The van der Waals surface area contributed by atoms with Gasteiger partial charge in [0.2, 0.25) is 11.9 Å². The van der Waals surface area contributed by atoms with Gasteiger partial charge < -0.3 is 10.6 Å². The molecular weight excluding hydrogens is 296 g/mol. The van der Waals surface area contributed by atoms with Gasteiger partial charge in [-0.1, -0.05) is 30.3 Å². The largest absolute Gasteiger partial charge is 0.352 e. The van der Waals surface area contributed by atoms with E-state index in [0.717, 1.165) is 10.6 Å². The highest BCUT2D eigenvalue weighted by molar-refractivity contribution is 7.13. The summed E-state index contributed by atoms with van der Waals surface area (Å²) in [5.41, 5.74) is 2.71. The van der Waals surface area contributed by atoms with Gasteiger partial charge in [-0.05, 0) is 13.8 Å². The Labute approximate surface area is 132 Å². The SMILES string of the molecule is CC(C)Nc1nc(Nc2cncs2)nc(-c2ccccc2)n1. The maximum absolute atomic E-state index is 4.49. The lowest BCUT2D eigenvalue weighted by Gasteiger charge is -2.11. The van der Waals surface area contributed by atoms with Crippen LogP contribution >= 0.6 is 11.3 Å². The minimum absolute atomic E-state index is 0.238. The predicted molar refractivity (Wildman–Crippen MR) is 89.4 cm³/mol. The van der Waals surface area contributed by atoms with Crippen molar-refractivity contribution in [3.05, 3.63) is 42.0 Å². The van der Waals surface area contributed by atoms with Crippen LogP contribution in [0.5, 0.6) is 0 Å². The van der Waals surface area contributed by atoms with E-state index < -0.39 is 0 Å². The van der Waals surface area contributed by atoms with Crippen molar-refractivity contribution in [1.82, 2.24) is 19.9 Å². The third-order valence-electron chi connectivity index (χ3n) is 2.75. The van der Waals surface area contributed by atoms with Gasteiger partial charge >= 0.3 is 0 Å². The number of nitrogens with zero attached hydrogens (tertiary/aromatic N) is 4. The Bertz CT molecular complexity index is 727. The molecule has 112 valence electrons. The zero-order valence-corrected chi connectivity index (χ0v) is 13.1. The molecule has 0 saturated heterocycles. The molecule has 0 unspecified atom stereocenters. The lowest BCUT2D eigenvalue weighted by atomic mass is 10.2. The van der Waals surface area contributed by atoms with E-state index in [9.17, 15) is 0 Å². The van der Waals surface area contributed by atoms with Crippen molar-refractivity contribution in [1.29, 1.82) is 0 Å². The molecule has 0 bridgehead atoms. The van der Waals surface area contributed by atoms with Gasteiger partial charge in [0, 0.05) is 11.6 Å². The minimum Gasteiger partial charge on any atom is -0.352 e. The number of anilines is 3. The maximum atomic E-state index is 4.49. The first-order chi connectivity index (χ1) is 10.7. The molecule has 0 saturated carbocycles. The van der Waals surface area contributed by atoms with Gasteiger partial charge in [0.15, 0.2) is 5.82 Å². The molecule has 22 heavy (non-hydrogen) atoms. The fourth-order valence-corrected chi connectivity index (χ4v) is 2.37. The summed E-state index contributed by atoms with van der Waals surface area (Å²) in [6.45, 7) is 4.09. The smallest absolute Gasteiger partial charge is 0.233 e. The molecular formula is C15H16N6S. The summed E-state index contributed by atoms with van der Waals surface area (Å²) in [7, 11) is 0. The fourth-order valence-electron chi connectivity index (χ4n) is 1.86. The second-order valence-electron chi connectivity index (χ2n) is 4.96. The number of rotatable bonds is 5. The summed E-state index contributed by atoms with van der Waals surface area (Å²) in [4.78, 5) is 17.4. The number of benzene rings is 1. The summed E-state index contributed by atoms with van der Waals surface area (Å²) in [5, 5.41) is 7.27. The van der Waals surface area contributed by atoms with Crippen LogP contribution < -0.4 is 10.6 Å². The Hall–Kier alpha value is -2.54. The Kier molecular flexibility index (Phi) is 4.24. The molecule has 0 aliphatic heterocycles. The van der Waals surface area contributed by atoms with Crippen molar-refractivity contribution in [2.45, 2.75) is 19.9 Å². The lowest BCUT2D eigenvalue weighted by molar-refractivity contribution is 0.869. The molecule has 0 atom stereocenters. The van der Waals surface area contributed by atoms with Crippen LogP contribution in [0.25, 0.3) is 11.4 Å². The van der Waals surface area contributed by atoms with E-state index in [4.69, 9.17) is 0 Å². The van der Waals surface area contributed by atoms with E-state index in [1.165, 1.54) is 11.3 Å². The molecule has 0 aliphatic rings. The van der Waals surface area contributed by atoms with Crippen molar-refractivity contribution in [2.75, 3.05) is 10.6 Å². The van der Waals surface area contributed by atoms with Gasteiger partial charge in [-0.2, -0.15) is 15.0 Å². The number of aromatic nitrogens is 4. The average molecular weight is 312 g/mol. The molecule has 1 aromatic carbocycles. The van der Waals surface area contributed by atoms with Crippen molar-refractivity contribution in [2.24, 2.45) is 0 Å². The summed E-state index contributed by atoms with van der Waals surface area (Å²) in [6, 6.07) is 10.1. The van der Waals surface area contributed by atoms with Crippen LogP contribution in [0.15, 0.2) is 42.0 Å². The second kappa shape index (κ2) is 6.48. The highest BCUT2D eigenvalue weighted by atomic mass is 32.1. The molecule has 2 aromatic heterocycles. The quantitative estimate of drug-likeness (QED) is 0.750. The average Bonchev–Trinajstić information content (AvgIpc) is 3.00. The van der Waals surface area contributed by atoms with E-state index in [2.05, 4.69) is 30.6 Å². The third kappa shape index (κ3) is 3.56. The van der Waals surface area contributed by atoms with E-state index in [1.807, 2.05) is 44.2 Å². The number of hydrogen-bond acceptors (Lipinski definition) is 7. The van der Waals surface area contributed by atoms with E-state index >= 15 is 0 Å². The highest BCUT2D eigenvalue weighted by Crippen LogP contribution is 2.21. The van der Waals surface area contributed by atoms with E-state index in [0.29, 0.717) is 17.7 Å². The van der Waals surface area contributed by atoms with Crippen LogP contribution in [0.4, 0.5) is 16.9 Å². The Morgan fingerprint density at radius 1 is 1.00 bits per heavy atom. The molecule has 3 rings (SSSR count). The van der Waals surface area contributed by atoms with Crippen LogP contribution in [0.3, 0.4) is 0 Å². The van der Waals surface area contributed by atoms with Crippen LogP contribution in [-0.4, -0.2) is 26.0 Å². The zero-order valence-electron chi connectivity index (χ0n) is 12.3. The predicted octanol–water partition coefficient (Wildman–Crippen LogP) is 3.56. The topological polar surface area (TPSA) is 75.6 Å². The Balaban J connectivity index is 1.98. The Morgan fingerprint density at radius 3 is 2.45 bits per heavy atom. The monoisotopic (exact) mass is 312 g/mol. The summed E-state index contributed by atoms with van der Waals surface area (Å²) >= 11 is 1.50. The molecule has 0 amide bonds.